The first-order valence-electron chi connectivity index (χ1n) is 7.52. The average molecular weight is 286 g/mol. The third-order valence-electron chi connectivity index (χ3n) is 4.92. The zero-order chi connectivity index (χ0) is 15.4. The molecule has 1 atom stereocenters. The van der Waals surface area contributed by atoms with Gasteiger partial charge in [0.15, 0.2) is 0 Å². The van der Waals surface area contributed by atoms with Crippen molar-refractivity contribution in [3.05, 3.63) is 23.8 Å². The summed E-state index contributed by atoms with van der Waals surface area (Å²) in [7, 11) is -0.351. The molecular formula is C16H23BN2O2. The number of amidine groups is 1. The summed E-state index contributed by atoms with van der Waals surface area (Å²) in [5.41, 5.74) is 8.49. The minimum atomic E-state index is -0.351. The second-order valence-corrected chi connectivity index (χ2v) is 7.12. The maximum absolute atomic E-state index is 6.09. The highest BCUT2D eigenvalue weighted by atomic mass is 16.7. The molecule has 1 saturated heterocycles. The van der Waals surface area contributed by atoms with E-state index in [0.29, 0.717) is 11.8 Å². The van der Waals surface area contributed by atoms with Crippen molar-refractivity contribution in [3.63, 3.8) is 0 Å². The Kier molecular flexibility index (Phi) is 3.19. The maximum Gasteiger partial charge on any atom is 0.494 e. The highest BCUT2D eigenvalue weighted by molar-refractivity contribution is 6.62. The van der Waals surface area contributed by atoms with E-state index < -0.39 is 0 Å². The van der Waals surface area contributed by atoms with Crippen LogP contribution in [0.4, 0.5) is 5.69 Å². The van der Waals surface area contributed by atoms with Crippen LogP contribution < -0.4 is 11.2 Å². The zero-order valence-electron chi connectivity index (χ0n) is 13.4. The largest absolute Gasteiger partial charge is 0.494 e. The van der Waals surface area contributed by atoms with Crippen molar-refractivity contribution in [3.8, 4) is 0 Å². The summed E-state index contributed by atoms with van der Waals surface area (Å²) < 4.78 is 12.2. The topological polar surface area (TPSA) is 56.8 Å². The third-order valence-corrected chi connectivity index (χ3v) is 4.92. The van der Waals surface area contributed by atoms with Gasteiger partial charge < -0.3 is 15.0 Å². The van der Waals surface area contributed by atoms with Crippen molar-refractivity contribution in [1.29, 1.82) is 0 Å². The van der Waals surface area contributed by atoms with E-state index in [1.807, 2.05) is 6.07 Å². The highest BCUT2D eigenvalue weighted by Gasteiger charge is 2.51. The van der Waals surface area contributed by atoms with Gasteiger partial charge in [-0.15, -0.1) is 0 Å². The SMILES string of the molecule is C[C@@H]1Cc2ccc(B3OC(C)(C)C(C)(C)O3)cc2N=C1N. The summed E-state index contributed by atoms with van der Waals surface area (Å²) in [6, 6.07) is 6.23. The van der Waals surface area contributed by atoms with E-state index in [1.54, 1.807) is 0 Å². The molecule has 0 aliphatic carbocycles. The van der Waals surface area contributed by atoms with Crippen molar-refractivity contribution in [2.75, 3.05) is 0 Å². The van der Waals surface area contributed by atoms with Crippen LogP contribution in [0.15, 0.2) is 23.2 Å². The first-order valence-corrected chi connectivity index (χ1v) is 7.52. The van der Waals surface area contributed by atoms with Gasteiger partial charge in [0.25, 0.3) is 0 Å². The lowest BCUT2D eigenvalue weighted by Gasteiger charge is -2.32. The highest BCUT2D eigenvalue weighted by Crippen LogP contribution is 2.37. The lowest BCUT2D eigenvalue weighted by Crippen LogP contribution is -2.41. The second kappa shape index (κ2) is 4.58. The summed E-state index contributed by atoms with van der Waals surface area (Å²) >= 11 is 0. The molecule has 0 amide bonds. The molecule has 112 valence electrons. The minimum Gasteiger partial charge on any atom is -0.399 e. The van der Waals surface area contributed by atoms with Gasteiger partial charge in [-0.2, -0.15) is 0 Å². The summed E-state index contributed by atoms with van der Waals surface area (Å²) in [4.78, 5) is 4.51. The molecule has 1 aromatic carbocycles. The van der Waals surface area contributed by atoms with Gasteiger partial charge in [0.1, 0.15) is 5.84 Å². The van der Waals surface area contributed by atoms with Crippen molar-refractivity contribution < 1.29 is 9.31 Å². The van der Waals surface area contributed by atoms with Crippen LogP contribution in [0.1, 0.15) is 40.2 Å². The molecule has 2 aliphatic heterocycles. The molecule has 2 N–H and O–H groups in total. The number of hydrogen-bond acceptors (Lipinski definition) is 4. The lowest BCUT2D eigenvalue weighted by molar-refractivity contribution is 0.00578. The van der Waals surface area contributed by atoms with Gasteiger partial charge in [-0.05, 0) is 51.2 Å². The van der Waals surface area contributed by atoms with Crippen LogP contribution in [0, 0.1) is 5.92 Å². The van der Waals surface area contributed by atoms with Crippen molar-refractivity contribution in [2.24, 2.45) is 16.6 Å². The van der Waals surface area contributed by atoms with Gasteiger partial charge in [-0.3, -0.25) is 0 Å². The Labute approximate surface area is 126 Å². The van der Waals surface area contributed by atoms with E-state index in [1.165, 1.54) is 5.56 Å². The van der Waals surface area contributed by atoms with Gasteiger partial charge in [-0.25, -0.2) is 4.99 Å². The summed E-state index contributed by atoms with van der Waals surface area (Å²) in [5.74, 6) is 1.01. The van der Waals surface area contributed by atoms with E-state index in [9.17, 15) is 0 Å². The molecule has 0 saturated carbocycles. The number of fused-ring (bicyclic) bond motifs is 1. The molecule has 2 aliphatic rings. The standard InChI is InChI=1S/C16H23BN2O2/c1-10-8-11-6-7-12(9-13(11)19-14(10)18)17-20-15(2,3)16(4,5)21-17/h6-7,9-10H,8H2,1-5H3,(H2,18,19)/t10-/m1/s1. The van der Waals surface area contributed by atoms with Crippen LogP contribution in [0.3, 0.4) is 0 Å². The van der Waals surface area contributed by atoms with Gasteiger partial charge in [0.2, 0.25) is 0 Å². The minimum absolute atomic E-state index is 0.306. The fourth-order valence-electron chi connectivity index (χ4n) is 2.67. The normalized spacial score (nSPS) is 26.4. The number of nitrogens with zero attached hydrogens (tertiary/aromatic N) is 1. The molecule has 1 aromatic rings. The summed E-state index contributed by atoms with van der Waals surface area (Å²) in [6.45, 7) is 10.3. The monoisotopic (exact) mass is 286 g/mol. The quantitative estimate of drug-likeness (QED) is 0.805. The molecule has 0 unspecified atom stereocenters. The van der Waals surface area contributed by atoms with Crippen molar-refractivity contribution >= 4 is 24.1 Å². The van der Waals surface area contributed by atoms with Gasteiger partial charge >= 0.3 is 7.12 Å². The van der Waals surface area contributed by atoms with E-state index in [-0.39, 0.29) is 18.3 Å². The Morgan fingerprint density at radius 1 is 1.19 bits per heavy atom. The van der Waals surface area contributed by atoms with Crippen LogP contribution in [0.2, 0.25) is 0 Å². The maximum atomic E-state index is 6.09. The van der Waals surface area contributed by atoms with E-state index in [0.717, 1.165) is 17.6 Å². The lowest BCUT2D eigenvalue weighted by atomic mass is 9.77. The number of aliphatic imine (C=N–C) groups is 1. The third kappa shape index (κ3) is 2.38. The molecule has 0 bridgehead atoms. The molecule has 21 heavy (non-hydrogen) atoms. The summed E-state index contributed by atoms with van der Waals surface area (Å²) in [5, 5.41) is 0. The van der Waals surface area contributed by atoms with Gasteiger partial charge in [-0.1, -0.05) is 19.1 Å². The Hall–Kier alpha value is -1.33. The first-order chi connectivity index (χ1) is 9.69. The average Bonchev–Trinajstić information content (AvgIpc) is 2.59. The second-order valence-electron chi connectivity index (χ2n) is 7.12. The Morgan fingerprint density at radius 3 is 2.43 bits per heavy atom. The van der Waals surface area contributed by atoms with Crippen LogP contribution in [0.5, 0.6) is 0 Å². The fourth-order valence-corrected chi connectivity index (χ4v) is 2.67. The molecule has 3 rings (SSSR count). The van der Waals surface area contributed by atoms with Crippen LogP contribution in [0.25, 0.3) is 0 Å². The first kappa shape index (κ1) is 14.6. The Bertz CT molecular complexity index is 594. The fraction of sp³-hybridized carbons (Fsp3) is 0.562. The van der Waals surface area contributed by atoms with Crippen LogP contribution in [-0.2, 0) is 15.7 Å². The molecule has 0 aromatic heterocycles. The smallest absolute Gasteiger partial charge is 0.399 e. The zero-order valence-corrected chi connectivity index (χ0v) is 13.4. The Balaban J connectivity index is 1.92. The predicted molar refractivity (Wildman–Crippen MR) is 86.3 cm³/mol. The molecule has 4 nitrogen and oxygen atoms in total. The van der Waals surface area contributed by atoms with Gasteiger partial charge in [0.05, 0.1) is 16.9 Å². The van der Waals surface area contributed by atoms with Crippen LogP contribution in [-0.4, -0.2) is 24.2 Å². The number of benzene rings is 1. The molecule has 5 heteroatoms. The van der Waals surface area contributed by atoms with E-state index in [4.69, 9.17) is 15.0 Å². The number of hydrogen-bond donors (Lipinski definition) is 1. The van der Waals surface area contributed by atoms with Gasteiger partial charge in [0, 0.05) is 5.92 Å². The molecule has 0 radical (unpaired) electrons. The molecule has 0 spiro atoms. The van der Waals surface area contributed by atoms with Crippen molar-refractivity contribution in [2.45, 2.75) is 52.2 Å². The van der Waals surface area contributed by atoms with Crippen molar-refractivity contribution in [1.82, 2.24) is 0 Å². The molecule has 2 heterocycles. The summed E-state index contributed by atoms with van der Waals surface area (Å²) in [6.07, 6.45) is 0.939. The van der Waals surface area contributed by atoms with E-state index >= 15 is 0 Å². The molecular weight excluding hydrogens is 263 g/mol. The Morgan fingerprint density at radius 2 is 1.81 bits per heavy atom. The number of nitrogens with two attached hydrogens (primary N) is 1. The predicted octanol–water partition coefficient (Wildman–Crippen LogP) is 2.17. The van der Waals surface area contributed by atoms with Crippen LogP contribution >= 0.6 is 0 Å². The van der Waals surface area contributed by atoms with E-state index in [2.05, 4.69) is 51.7 Å². The number of rotatable bonds is 1. The molecule has 1 fully saturated rings.